The van der Waals surface area contributed by atoms with E-state index in [0.717, 1.165) is 29.0 Å². The Morgan fingerprint density at radius 3 is 2.30 bits per heavy atom. The fourth-order valence-corrected chi connectivity index (χ4v) is 1.73. The second kappa shape index (κ2) is 6.95. The molecule has 0 aromatic heterocycles. The van der Waals surface area contributed by atoms with Gasteiger partial charge in [0.1, 0.15) is 0 Å². The molecule has 0 heterocycles. The summed E-state index contributed by atoms with van der Waals surface area (Å²) in [5.41, 5.74) is 7.83. The minimum absolute atomic E-state index is 0.782. The summed E-state index contributed by atoms with van der Waals surface area (Å²) in [5.74, 6) is 0. The molecule has 0 aliphatic carbocycles. The molecule has 0 fully saturated rings. The van der Waals surface area contributed by atoms with Crippen molar-refractivity contribution in [3.63, 3.8) is 0 Å². The molecule has 0 bridgehead atoms. The molecule has 106 valence electrons. The molecule has 1 aromatic rings. The zero-order valence-electron chi connectivity index (χ0n) is 13.1. The van der Waals surface area contributed by atoms with E-state index >= 15 is 0 Å². The third-order valence-corrected chi connectivity index (χ3v) is 3.49. The van der Waals surface area contributed by atoms with Crippen LogP contribution in [0.1, 0.15) is 30.5 Å². The van der Waals surface area contributed by atoms with Gasteiger partial charge >= 0.3 is 0 Å². The van der Waals surface area contributed by atoms with Gasteiger partial charge in [0.25, 0.3) is 0 Å². The summed E-state index contributed by atoms with van der Waals surface area (Å²) in [4.78, 5) is 0. The summed E-state index contributed by atoms with van der Waals surface area (Å²) >= 11 is 0. The number of hydrogen-bond acceptors (Lipinski definition) is 1. The fraction of sp³-hybridized carbons (Fsp3) is 0.263. The number of allylic oxidation sites excluding steroid dienone is 4. The van der Waals surface area contributed by atoms with Crippen molar-refractivity contribution >= 4 is 0 Å². The van der Waals surface area contributed by atoms with Crippen molar-refractivity contribution in [2.24, 2.45) is 0 Å². The van der Waals surface area contributed by atoms with E-state index in [4.69, 9.17) is 0 Å². The highest BCUT2D eigenvalue weighted by molar-refractivity contribution is 5.41. The van der Waals surface area contributed by atoms with E-state index in [9.17, 15) is 0 Å². The van der Waals surface area contributed by atoms with Crippen molar-refractivity contribution in [2.75, 3.05) is 0 Å². The minimum Gasteiger partial charge on any atom is -0.381 e. The predicted molar refractivity (Wildman–Crippen MR) is 89.6 cm³/mol. The van der Waals surface area contributed by atoms with Crippen molar-refractivity contribution in [3.05, 3.63) is 83.1 Å². The Bertz CT molecular complexity index is 573. The summed E-state index contributed by atoms with van der Waals surface area (Å²) in [6.07, 6.45) is 2.01. The van der Waals surface area contributed by atoms with Crippen molar-refractivity contribution in [1.29, 1.82) is 0 Å². The first-order chi connectivity index (χ1) is 9.31. The molecule has 1 aromatic carbocycles. The molecule has 0 spiro atoms. The van der Waals surface area contributed by atoms with Gasteiger partial charge in [-0.25, -0.2) is 0 Å². The van der Waals surface area contributed by atoms with E-state index in [1.165, 1.54) is 16.7 Å². The monoisotopic (exact) mass is 267 g/mol. The summed E-state index contributed by atoms with van der Waals surface area (Å²) in [7, 11) is 0. The molecule has 0 saturated heterocycles. The standard InChI is InChI=1S/C19H25N/c1-13(2)15(4)10-17(6)18(7)20-12-19-9-8-14(3)16(5)11-19/h8-11,20H,1,4,7,12H2,2-3,5-6H3/b17-10+. The number of rotatable bonds is 6. The summed E-state index contributed by atoms with van der Waals surface area (Å²) in [6.45, 7) is 21.0. The van der Waals surface area contributed by atoms with Gasteiger partial charge in [0.2, 0.25) is 0 Å². The van der Waals surface area contributed by atoms with Crippen LogP contribution in [-0.2, 0) is 6.54 Å². The highest BCUT2D eigenvalue weighted by Gasteiger charge is 2.00. The zero-order chi connectivity index (χ0) is 15.3. The first-order valence-electron chi connectivity index (χ1n) is 6.83. The maximum Gasteiger partial charge on any atom is 0.0400 e. The minimum atomic E-state index is 0.782. The van der Waals surface area contributed by atoms with Gasteiger partial charge in [-0.15, -0.1) is 0 Å². The predicted octanol–water partition coefficient (Wildman–Crippen LogP) is 4.99. The average Bonchev–Trinajstić information content (AvgIpc) is 2.39. The maximum atomic E-state index is 4.07. The van der Waals surface area contributed by atoms with Crippen LogP contribution in [0.15, 0.2) is 66.4 Å². The fourth-order valence-electron chi connectivity index (χ4n) is 1.73. The Balaban J connectivity index is 2.65. The van der Waals surface area contributed by atoms with E-state index in [0.29, 0.717) is 0 Å². The first-order valence-corrected chi connectivity index (χ1v) is 6.83. The van der Waals surface area contributed by atoms with Gasteiger partial charge in [-0.2, -0.15) is 0 Å². The van der Waals surface area contributed by atoms with Crippen LogP contribution in [0.5, 0.6) is 0 Å². The summed E-state index contributed by atoms with van der Waals surface area (Å²) < 4.78 is 0. The van der Waals surface area contributed by atoms with E-state index in [-0.39, 0.29) is 0 Å². The van der Waals surface area contributed by atoms with Gasteiger partial charge in [0.05, 0.1) is 0 Å². The lowest BCUT2D eigenvalue weighted by Crippen LogP contribution is -2.13. The zero-order valence-corrected chi connectivity index (χ0v) is 13.1. The van der Waals surface area contributed by atoms with Crippen LogP contribution in [0.4, 0.5) is 0 Å². The van der Waals surface area contributed by atoms with Gasteiger partial charge in [0, 0.05) is 12.2 Å². The smallest absolute Gasteiger partial charge is 0.0400 e. The van der Waals surface area contributed by atoms with Gasteiger partial charge in [0.15, 0.2) is 0 Å². The molecule has 0 unspecified atom stereocenters. The molecule has 1 nitrogen and oxygen atoms in total. The van der Waals surface area contributed by atoms with Gasteiger partial charge in [-0.1, -0.05) is 49.6 Å². The van der Waals surface area contributed by atoms with Crippen molar-refractivity contribution in [1.82, 2.24) is 5.32 Å². The third kappa shape index (κ3) is 4.58. The van der Waals surface area contributed by atoms with Crippen LogP contribution in [0, 0.1) is 13.8 Å². The number of aryl methyl sites for hydroxylation is 2. The Labute approximate surface area is 123 Å². The van der Waals surface area contributed by atoms with E-state index in [1.54, 1.807) is 0 Å². The molecular formula is C19H25N. The van der Waals surface area contributed by atoms with Crippen LogP contribution in [0.2, 0.25) is 0 Å². The highest BCUT2D eigenvalue weighted by atomic mass is 14.9. The van der Waals surface area contributed by atoms with Crippen LogP contribution < -0.4 is 5.32 Å². The molecule has 0 aliphatic rings. The SMILES string of the molecule is C=C(C)C(=C)/C=C(\C)C(=C)NCc1ccc(C)c(C)c1. The molecule has 1 N–H and O–H groups in total. The molecular weight excluding hydrogens is 242 g/mol. The van der Waals surface area contributed by atoms with Gasteiger partial charge < -0.3 is 5.32 Å². The molecule has 1 heteroatoms. The largest absolute Gasteiger partial charge is 0.381 e. The second-order valence-electron chi connectivity index (χ2n) is 5.38. The lowest BCUT2D eigenvalue weighted by Gasteiger charge is -2.12. The number of nitrogens with one attached hydrogen (secondary N) is 1. The van der Waals surface area contributed by atoms with E-state index in [1.807, 2.05) is 19.9 Å². The molecule has 0 saturated carbocycles. The average molecular weight is 267 g/mol. The van der Waals surface area contributed by atoms with Crippen LogP contribution in [0.25, 0.3) is 0 Å². The van der Waals surface area contributed by atoms with Crippen molar-refractivity contribution in [3.8, 4) is 0 Å². The van der Waals surface area contributed by atoms with Crippen LogP contribution in [-0.4, -0.2) is 0 Å². The van der Waals surface area contributed by atoms with Crippen molar-refractivity contribution in [2.45, 2.75) is 34.2 Å². The normalized spacial score (nSPS) is 11.1. The van der Waals surface area contributed by atoms with Gasteiger partial charge in [-0.05, 0) is 55.5 Å². The Morgan fingerprint density at radius 2 is 1.75 bits per heavy atom. The quantitative estimate of drug-likeness (QED) is 0.716. The molecule has 0 atom stereocenters. The highest BCUT2D eigenvalue weighted by Crippen LogP contribution is 2.14. The number of hydrogen-bond donors (Lipinski definition) is 1. The first kappa shape index (κ1) is 16.0. The molecule has 0 radical (unpaired) electrons. The Morgan fingerprint density at radius 1 is 1.10 bits per heavy atom. The third-order valence-electron chi connectivity index (χ3n) is 3.49. The van der Waals surface area contributed by atoms with Gasteiger partial charge in [-0.3, -0.25) is 0 Å². The van der Waals surface area contributed by atoms with Crippen LogP contribution >= 0.6 is 0 Å². The number of benzene rings is 1. The molecule has 0 amide bonds. The maximum absolute atomic E-state index is 4.07. The Kier molecular flexibility index (Phi) is 5.57. The lowest BCUT2D eigenvalue weighted by atomic mass is 10.1. The molecule has 1 rings (SSSR count). The second-order valence-corrected chi connectivity index (χ2v) is 5.38. The summed E-state index contributed by atoms with van der Waals surface area (Å²) in [5, 5.41) is 3.36. The molecule has 20 heavy (non-hydrogen) atoms. The van der Waals surface area contributed by atoms with Crippen molar-refractivity contribution < 1.29 is 0 Å². The lowest BCUT2D eigenvalue weighted by molar-refractivity contribution is 0.821. The summed E-state index contributed by atoms with van der Waals surface area (Å²) in [6, 6.07) is 6.51. The Hall–Kier alpha value is -2.02. The topological polar surface area (TPSA) is 12.0 Å². The van der Waals surface area contributed by atoms with E-state index in [2.05, 4.69) is 57.1 Å². The van der Waals surface area contributed by atoms with E-state index < -0.39 is 0 Å². The molecule has 0 aliphatic heterocycles. The van der Waals surface area contributed by atoms with Crippen LogP contribution in [0.3, 0.4) is 0 Å².